The van der Waals surface area contributed by atoms with Crippen molar-refractivity contribution in [2.75, 3.05) is 6.61 Å². The van der Waals surface area contributed by atoms with Crippen LogP contribution in [0.3, 0.4) is 0 Å². The van der Waals surface area contributed by atoms with Crippen molar-refractivity contribution in [3.63, 3.8) is 0 Å². The molecule has 0 bridgehead atoms. The lowest BCUT2D eigenvalue weighted by atomic mass is 9.44. The zero-order valence-electron chi connectivity index (χ0n) is 20.1. The lowest BCUT2D eigenvalue weighted by molar-refractivity contribution is -0.263. The van der Waals surface area contributed by atoms with Crippen LogP contribution in [0.15, 0.2) is 18.5 Å². The van der Waals surface area contributed by atoms with Crippen LogP contribution in [-0.2, 0) is 11.3 Å². The molecule has 1 aromatic heterocycles. The fourth-order valence-corrected chi connectivity index (χ4v) is 9.07. The smallest absolute Gasteiger partial charge is 0.0746 e. The molecule has 1 unspecified atom stereocenters. The fraction of sp³-hybridized carbons (Fsp3) is 0.889. The first-order valence-electron chi connectivity index (χ1n) is 13.2. The van der Waals surface area contributed by atoms with Gasteiger partial charge in [-0.3, -0.25) is 4.68 Å². The molecular weight excluding hydrogens is 384 g/mol. The van der Waals surface area contributed by atoms with E-state index in [1.165, 1.54) is 51.4 Å². The molecule has 0 radical (unpaired) electrons. The molecule has 8 atom stereocenters. The molecule has 0 aromatic carbocycles. The Morgan fingerprint density at radius 3 is 2.77 bits per heavy atom. The Bertz CT molecular complexity index is 746. The van der Waals surface area contributed by atoms with E-state index in [2.05, 4.69) is 36.7 Å². The lowest BCUT2D eigenvalue weighted by Crippen LogP contribution is -2.65. The molecule has 2 heterocycles. The summed E-state index contributed by atoms with van der Waals surface area (Å²) in [7, 11) is 0. The molecule has 1 aliphatic heterocycles. The van der Waals surface area contributed by atoms with Crippen LogP contribution in [0.4, 0.5) is 0 Å². The zero-order chi connectivity index (χ0) is 21.7. The van der Waals surface area contributed by atoms with Crippen molar-refractivity contribution in [2.45, 2.75) is 110 Å². The number of ether oxygens (including phenoxy) is 1. The predicted molar refractivity (Wildman–Crippen MR) is 124 cm³/mol. The Kier molecular flexibility index (Phi) is 5.78. The minimum atomic E-state index is -0.137. The molecule has 174 valence electrons. The first-order chi connectivity index (χ1) is 14.9. The summed E-state index contributed by atoms with van der Waals surface area (Å²) in [5.74, 6) is 2.72. The highest BCUT2D eigenvalue weighted by Gasteiger charge is 2.69. The lowest BCUT2D eigenvalue weighted by Gasteiger charge is -2.66. The number of nitrogens with zero attached hydrogens (tertiary/aromatic N) is 2. The molecule has 1 aromatic rings. The molecule has 1 saturated heterocycles. The van der Waals surface area contributed by atoms with Crippen molar-refractivity contribution < 1.29 is 9.84 Å². The summed E-state index contributed by atoms with van der Waals surface area (Å²) >= 11 is 0. The minimum absolute atomic E-state index is 0.00943. The molecule has 4 nitrogen and oxygen atoms in total. The number of aliphatic hydroxyl groups excluding tert-OH is 1. The van der Waals surface area contributed by atoms with Gasteiger partial charge in [-0.25, -0.2) is 0 Å². The van der Waals surface area contributed by atoms with Gasteiger partial charge in [-0.05, 0) is 113 Å². The molecule has 31 heavy (non-hydrogen) atoms. The Morgan fingerprint density at radius 2 is 1.97 bits per heavy atom. The summed E-state index contributed by atoms with van der Waals surface area (Å²) in [6.07, 6.45) is 17.3. The average Bonchev–Trinajstić information content (AvgIpc) is 3.30. The van der Waals surface area contributed by atoms with Crippen molar-refractivity contribution in [3.8, 4) is 0 Å². The highest BCUT2D eigenvalue weighted by atomic mass is 16.5. The highest BCUT2D eigenvalue weighted by molar-refractivity contribution is 5.18. The van der Waals surface area contributed by atoms with Crippen LogP contribution < -0.4 is 0 Å². The molecule has 0 amide bonds. The normalized spacial score (nSPS) is 48.1. The van der Waals surface area contributed by atoms with Crippen LogP contribution >= 0.6 is 0 Å². The summed E-state index contributed by atoms with van der Waals surface area (Å²) in [4.78, 5) is 0. The van der Waals surface area contributed by atoms with E-state index in [9.17, 15) is 5.11 Å². The van der Waals surface area contributed by atoms with Crippen molar-refractivity contribution in [1.82, 2.24) is 9.78 Å². The molecule has 3 aliphatic carbocycles. The number of aromatic nitrogens is 2. The molecule has 3 saturated carbocycles. The van der Waals surface area contributed by atoms with E-state index < -0.39 is 0 Å². The second-order valence-corrected chi connectivity index (χ2v) is 12.0. The van der Waals surface area contributed by atoms with Gasteiger partial charge in [-0.2, -0.15) is 5.10 Å². The van der Waals surface area contributed by atoms with E-state index in [0.29, 0.717) is 28.6 Å². The van der Waals surface area contributed by atoms with Crippen molar-refractivity contribution in [2.24, 2.45) is 34.5 Å². The number of aryl methyl sites for hydroxylation is 1. The number of rotatable bonds is 4. The van der Waals surface area contributed by atoms with Gasteiger partial charge >= 0.3 is 0 Å². The van der Waals surface area contributed by atoms with E-state index in [0.717, 1.165) is 38.3 Å². The van der Waals surface area contributed by atoms with E-state index in [4.69, 9.17) is 4.74 Å². The van der Waals surface area contributed by atoms with Gasteiger partial charge in [-0.1, -0.05) is 13.8 Å². The molecule has 1 N–H and O–H groups in total. The highest BCUT2D eigenvalue weighted by Crippen LogP contribution is 2.72. The Labute approximate surface area is 189 Å². The van der Waals surface area contributed by atoms with Gasteiger partial charge in [0, 0.05) is 31.0 Å². The van der Waals surface area contributed by atoms with Crippen LogP contribution in [0.1, 0.15) is 91.4 Å². The van der Waals surface area contributed by atoms with Crippen LogP contribution in [0.2, 0.25) is 0 Å². The van der Waals surface area contributed by atoms with Crippen molar-refractivity contribution in [3.05, 3.63) is 18.5 Å². The maximum absolute atomic E-state index is 10.7. The van der Waals surface area contributed by atoms with Crippen molar-refractivity contribution in [1.29, 1.82) is 0 Å². The van der Waals surface area contributed by atoms with Gasteiger partial charge in [0.25, 0.3) is 0 Å². The van der Waals surface area contributed by atoms with Gasteiger partial charge in [0.1, 0.15) is 0 Å². The third-order valence-electron chi connectivity index (χ3n) is 11.0. The van der Waals surface area contributed by atoms with E-state index in [-0.39, 0.29) is 11.7 Å². The maximum Gasteiger partial charge on any atom is 0.0746 e. The summed E-state index contributed by atoms with van der Waals surface area (Å²) in [5, 5.41) is 15.1. The van der Waals surface area contributed by atoms with Gasteiger partial charge < -0.3 is 9.84 Å². The maximum atomic E-state index is 10.7. The number of hydrogen-bond donors (Lipinski definition) is 1. The third-order valence-corrected chi connectivity index (χ3v) is 11.0. The molecule has 1 spiro atoms. The number of hydrogen-bond acceptors (Lipinski definition) is 3. The number of aliphatic hydroxyl groups is 1. The van der Waals surface area contributed by atoms with Crippen LogP contribution in [-0.4, -0.2) is 33.2 Å². The molecule has 4 heteroatoms. The van der Waals surface area contributed by atoms with Gasteiger partial charge in [-0.15, -0.1) is 0 Å². The van der Waals surface area contributed by atoms with Gasteiger partial charge in [0.2, 0.25) is 0 Å². The first-order valence-corrected chi connectivity index (χ1v) is 13.2. The summed E-state index contributed by atoms with van der Waals surface area (Å²) in [6, 6.07) is 2.01. The van der Waals surface area contributed by atoms with Crippen LogP contribution in [0.5, 0.6) is 0 Å². The molecule has 4 fully saturated rings. The Hall–Kier alpha value is -0.870. The second-order valence-electron chi connectivity index (χ2n) is 12.0. The van der Waals surface area contributed by atoms with E-state index in [1.54, 1.807) is 0 Å². The molecule has 5 rings (SSSR count). The monoisotopic (exact) mass is 428 g/mol. The molecular formula is C27H44N2O2. The topological polar surface area (TPSA) is 47.3 Å². The quantitative estimate of drug-likeness (QED) is 0.613. The van der Waals surface area contributed by atoms with Crippen LogP contribution in [0, 0.1) is 34.5 Å². The first kappa shape index (κ1) is 21.9. The summed E-state index contributed by atoms with van der Waals surface area (Å²) < 4.78 is 8.95. The average molecular weight is 429 g/mol. The standard InChI is InChI=1S/C27H44N2O2/c1-20-8-13-27-11-4-17-31-26(27,3)24(9-12-25(20,27)2)22-6-7-23(30)19-21(18-22)10-16-29-15-5-14-28-29/h5,14-15,20-24,30H,4,6-13,16-19H2,1-3H3/t20?,21-,22-,23+,24-,25+,26+,27-/m1/s1. The summed E-state index contributed by atoms with van der Waals surface area (Å²) in [5.41, 5.74) is 0.800. The second kappa shape index (κ2) is 8.17. The Balaban J connectivity index is 1.39. The van der Waals surface area contributed by atoms with E-state index in [1.807, 2.05) is 12.3 Å². The fourth-order valence-electron chi connectivity index (χ4n) is 9.07. The summed E-state index contributed by atoms with van der Waals surface area (Å²) in [6.45, 7) is 9.55. The van der Waals surface area contributed by atoms with Crippen molar-refractivity contribution >= 4 is 0 Å². The SMILES string of the molecule is CC1CC[C@@]23CCCO[C@@]2(C)[C@@H]([C@@H]2CC[C@H](O)C[C@H](CCn4cccn4)C2)CC[C@@]13C. The predicted octanol–water partition coefficient (Wildman–Crippen LogP) is 5.84. The van der Waals surface area contributed by atoms with Crippen LogP contribution in [0.25, 0.3) is 0 Å². The Morgan fingerprint density at radius 1 is 1.10 bits per heavy atom. The molecule has 4 aliphatic rings. The zero-order valence-corrected chi connectivity index (χ0v) is 20.1. The minimum Gasteiger partial charge on any atom is -0.393 e. The third kappa shape index (κ3) is 3.42. The largest absolute Gasteiger partial charge is 0.393 e. The van der Waals surface area contributed by atoms with Gasteiger partial charge in [0.15, 0.2) is 0 Å². The van der Waals surface area contributed by atoms with Gasteiger partial charge in [0.05, 0.1) is 11.7 Å². The van der Waals surface area contributed by atoms with E-state index >= 15 is 0 Å².